The van der Waals surface area contributed by atoms with Crippen molar-refractivity contribution in [1.82, 2.24) is 16.2 Å². The van der Waals surface area contributed by atoms with Crippen LogP contribution in [0.15, 0.2) is 12.7 Å². The quantitative estimate of drug-likeness (QED) is 0.346. The zero-order valence-electron chi connectivity index (χ0n) is 11.1. The van der Waals surface area contributed by atoms with E-state index >= 15 is 0 Å². The fraction of sp³-hybridized carbons (Fsp3) is 0.667. The summed E-state index contributed by atoms with van der Waals surface area (Å²) in [6.45, 7) is 8.22. The second-order valence-electron chi connectivity index (χ2n) is 3.81. The lowest BCUT2D eigenvalue weighted by Gasteiger charge is -2.13. The molecule has 0 radical (unpaired) electrons. The topological polar surface area (TPSA) is 79.5 Å². The van der Waals surface area contributed by atoms with Crippen molar-refractivity contribution in [3.05, 3.63) is 12.7 Å². The average molecular weight is 257 g/mol. The van der Waals surface area contributed by atoms with Gasteiger partial charge in [0.25, 0.3) is 5.91 Å². The number of hydrogen-bond donors (Lipinski definition) is 3. The van der Waals surface area contributed by atoms with E-state index in [9.17, 15) is 9.59 Å². The molecule has 0 fully saturated rings. The van der Waals surface area contributed by atoms with Gasteiger partial charge in [-0.25, -0.2) is 10.2 Å². The van der Waals surface area contributed by atoms with Gasteiger partial charge in [-0.15, -0.1) is 6.58 Å². The number of rotatable bonds is 8. The number of carbonyl (C=O) groups is 2. The second-order valence-corrected chi connectivity index (χ2v) is 3.81. The molecule has 6 nitrogen and oxygen atoms in total. The number of hydrogen-bond acceptors (Lipinski definition) is 3. The van der Waals surface area contributed by atoms with Gasteiger partial charge in [0, 0.05) is 6.54 Å². The minimum atomic E-state index is -0.610. The molecule has 1 unspecified atom stereocenters. The first-order valence-corrected chi connectivity index (χ1v) is 6.18. The maximum Gasteiger partial charge on any atom is 0.333 e. The first-order chi connectivity index (χ1) is 8.61. The molecule has 0 aliphatic carbocycles. The van der Waals surface area contributed by atoms with Crippen LogP contribution in [0.25, 0.3) is 0 Å². The Kier molecular flexibility index (Phi) is 9.67. The predicted octanol–water partition coefficient (Wildman–Crippen LogP) is 1.10. The second kappa shape index (κ2) is 10.6. The van der Waals surface area contributed by atoms with Crippen molar-refractivity contribution in [3.63, 3.8) is 0 Å². The number of carbonyl (C=O) groups excluding carboxylic acids is 2. The van der Waals surface area contributed by atoms with Gasteiger partial charge in [-0.1, -0.05) is 19.4 Å². The summed E-state index contributed by atoms with van der Waals surface area (Å²) in [5, 5.41) is 2.61. The highest BCUT2D eigenvalue weighted by molar-refractivity contribution is 5.83. The predicted molar refractivity (Wildman–Crippen MR) is 69.8 cm³/mol. The van der Waals surface area contributed by atoms with Gasteiger partial charge in [0.05, 0.1) is 6.61 Å². The molecule has 3 amide bonds. The lowest BCUT2D eigenvalue weighted by Crippen LogP contribution is -2.50. The van der Waals surface area contributed by atoms with Gasteiger partial charge in [-0.05, 0) is 19.8 Å². The van der Waals surface area contributed by atoms with Gasteiger partial charge in [0.15, 0.2) is 0 Å². The maximum absolute atomic E-state index is 11.5. The molecule has 0 spiro atoms. The van der Waals surface area contributed by atoms with E-state index in [-0.39, 0.29) is 5.91 Å². The minimum Gasteiger partial charge on any atom is -0.368 e. The molecule has 0 saturated carbocycles. The Morgan fingerprint density at radius 1 is 1.39 bits per heavy atom. The maximum atomic E-state index is 11.5. The number of urea groups is 1. The Morgan fingerprint density at radius 2 is 2.11 bits per heavy atom. The molecule has 3 N–H and O–H groups in total. The Bertz CT molecular complexity index is 269. The summed E-state index contributed by atoms with van der Waals surface area (Å²) in [6, 6.07) is -0.421. The Labute approximate surface area is 108 Å². The number of hydrazine groups is 1. The standard InChI is InChI=1S/C12H23N3O3/c1-4-6-8-13-12(17)15-14-11(16)10(3)18-9-7-5-2/h5,10H,2,4,6-9H2,1,3H3,(H,14,16)(H2,13,15,17). The van der Waals surface area contributed by atoms with Gasteiger partial charge in [0.2, 0.25) is 0 Å². The summed E-state index contributed by atoms with van der Waals surface area (Å²) in [4.78, 5) is 22.7. The fourth-order valence-electron chi connectivity index (χ4n) is 1.05. The summed E-state index contributed by atoms with van der Waals surface area (Å²) in [7, 11) is 0. The molecule has 18 heavy (non-hydrogen) atoms. The van der Waals surface area contributed by atoms with Crippen LogP contribution in [0.5, 0.6) is 0 Å². The third kappa shape index (κ3) is 8.58. The van der Waals surface area contributed by atoms with Gasteiger partial charge < -0.3 is 10.1 Å². The van der Waals surface area contributed by atoms with Gasteiger partial charge in [0.1, 0.15) is 6.10 Å². The van der Waals surface area contributed by atoms with E-state index in [1.54, 1.807) is 13.0 Å². The van der Waals surface area contributed by atoms with Gasteiger partial charge in [-0.3, -0.25) is 10.2 Å². The van der Waals surface area contributed by atoms with Crippen molar-refractivity contribution < 1.29 is 14.3 Å². The van der Waals surface area contributed by atoms with Crippen molar-refractivity contribution in [2.45, 2.75) is 39.2 Å². The molecule has 0 bridgehead atoms. The number of amides is 3. The van der Waals surface area contributed by atoms with Crippen molar-refractivity contribution in [1.29, 1.82) is 0 Å². The molecule has 0 aromatic rings. The summed E-state index contributed by atoms with van der Waals surface area (Å²) in [5.41, 5.74) is 4.55. The lowest BCUT2D eigenvalue weighted by molar-refractivity contribution is -0.132. The van der Waals surface area contributed by atoms with E-state index in [4.69, 9.17) is 4.74 Å². The highest BCUT2D eigenvalue weighted by Crippen LogP contribution is 1.92. The van der Waals surface area contributed by atoms with Crippen LogP contribution in [0.3, 0.4) is 0 Å². The number of ether oxygens (including phenoxy) is 1. The van der Waals surface area contributed by atoms with E-state index in [0.717, 1.165) is 12.8 Å². The lowest BCUT2D eigenvalue weighted by atomic mass is 10.3. The molecule has 0 aromatic heterocycles. The van der Waals surface area contributed by atoms with E-state index in [1.165, 1.54) is 0 Å². The summed E-state index contributed by atoms with van der Waals surface area (Å²) in [5.74, 6) is -0.385. The van der Waals surface area contributed by atoms with E-state index in [2.05, 4.69) is 22.7 Å². The minimum absolute atomic E-state index is 0.385. The van der Waals surface area contributed by atoms with Crippen LogP contribution in [-0.2, 0) is 9.53 Å². The van der Waals surface area contributed by atoms with Crippen molar-refractivity contribution >= 4 is 11.9 Å². The largest absolute Gasteiger partial charge is 0.368 e. The first kappa shape index (κ1) is 16.4. The molecule has 0 saturated heterocycles. The molecular weight excluding hydrogens is 234 g/mol. The summed E-state index contributed by atoms with van der Waals surface area (Å²) in [6.07, 6.45) is 3.69. The van der Waals surface area contributed by atoms with E-state index in [0.29, 0.717) is 19.6 Å². The van der Waals surface area contributed by atoms with Crippen LogP contribution >= 0.6 is 0 Å². The Hall–Kier alpha value is -1.56. The Morgan fingerprint density at radius 3 is 2.72 bits per heavy atom. The molecule has 104 valence electrons. The van der Waals surface area contributed by atoms with Crippen molar-refractivity contribution in [2.75, 3.05) is 13.2 Å². The van der Waals surface area contributed by atoms with Crippen LogP contribution in [0, 0.1) is 0 Å². The normalized spacial score (nSPS) is 11.4. The van der Waals surface area contributed by atoms with Crippen molar-refractivity contribution in [2.24, 2.45) is 0 Å². The van der Waals surface area contributed by atoms with Crippen LogP contribution in [0.2, 0.25) is 0 Å². The van der Waals surface area contributed by atoms with E-state index < -0.39 is 12.1 Å². The molecule has 0 heterocycles. The van der Waals surface area contributed by atoms with Crippen LogP contribution in [0.4, 0.5) is 4.79 Å². The third-order valence-electron chi connectivity index (χ3n) is 2.17. The molecule has 1 atom stereocenters. The van der Waals surface area contributed by atoms with Crippen molar-refractivity contribution in [3.8, 4) is 0 Å². The molecule has 0 rings (SSSR count). The number of nitrogens with one attached hydrogen (secondary N) is 3. The zero-order valence-corrected chi connectivity index (χ0v) is 11.1. The van der Waals surface area contributed by atoms with Crippen LogP contribution < -0.4 is 16.2 Å². The molecular formula is C12H23N3O3. The van der Waals surface area contributed by atoms with Crippen LogP contribution in [0.1, 0.15) is 33.1 Å². The molecule has 0 aliphatic rings. The van der Waals surface area contributed by atoms with Gasteiger partial charge >= 0.3 is 6.03 Å². The third-order valence-corrected chi connectivity index (χ3v) is 2.17. The summed E-state index contributed by atoms with van der Waals surface area (Å²) >= 11 is 0. The number of unbranched alkanes of at least 4 members (excludes halogenated alkanes) is 1. The molecule has 6 heteroatoms. The highest BCUT2D eigenvalue weighted by Gasteiger charge is 2.13. The SMILES string of the molecule is C=CCCOC(C)C(=O)NNC(=O)NCCCC. The highest BCUT2D eigenvalue weighted by atomic mass is 16.5. The van der Waals surface area contributed by atoms with Gasteiger partial charge in [-0.2, -0.15) is 0 Å². The monoisotopic (exact) mass is 257 g/mol. The molecule has 0 aromatic carbocycles. The van der Waals surface area contributed by atoms with E-state index in [1.807, 2.05) is 6.92 Å². The average Bonchev–Trinajstić information content (AvgIpc) is 2.36. The zero-order chi connectivity index (χ0) is 13.8. The fourth-order valence-corrected chi connectivity index (χ4v) is 1.05. The Balaban J connectivity index is 3.67. The van der Waals surface area contributed by atoms with Crippen LogP contribution in [-0.4, -0.2) is 31.2 Å². The smallest absolute Gasteiger partial charge is 0.333 e. The molecule has 0 aliphatic heterocycles. The first-order valence-electron chi connectivity index (χ1n) is 6.18. The summed E-state index contributed by atoms with van der Waals surface area (Å²) < 4.78 is 5.22.